The Morgan fingerprint density at radius 2 is 1.76 bits per heavy atom. The predicted molar refractivity (Wildman–Crippen MR) is 135 cm³/mol. The number of fused-ring (bicyclic) bond motifs is 3. The molecule has 4 rings (SSSR count). The number of phenolic OH excluding ortho intramolecular Hbond substituents is 1. The summed E-state index contributed by atoms with van der Waals surface area (Å²) in [4.78, 5) is 69.9. The van der Waals surface area contributed by atoms with Crippen LogP contribution in [0.3, 0.4) is 0 Å². The number of Topliss-reactive ketones (excluding diaryl/α,β-unsaturated/α-hetero) is 4. The van der Waals surface area contributed by atoms with E-state index in [1.807, 2.05) is 6.92 Å². The number of likely N-dealkylation sites (N-methyl/N-ethyl adjacent to an activating group) is 1. The Balaban J connectivity index is 1.86. The lowest BCUT2D eigenvalue weighted by Gasteiger charge is -2.56. The minimum absolute atomic E-state index is 0.0945. The molecule has 0 aromatic heterocycles. The van der Waals surface area contributed by atoms with Gasteiger partial charge in [-0.15, -0.1) is 0 Å². The maximum atomic E-state index is 14.0. The van der Waals surface area contributed by atoms with Gasteiger partial charge in [0.25, 0.3) is 0 Å². The largest absolute Gasteiger partial charge is 0.507 e. The smallest absolute Gasteiger partial charge is 0.238 e. The van der Waals surface area contributed by atoms with E-state index in [0.717, 1.165) is 0 Å². The second-order valence-corrected chi connectivity index (χ2v) is 11.8. The van der Waals surface area contributed by atoms with Gasteiger partial charge in [0.05, 0.1) is 29.5 Å². The van der Waals surface area contributed by atoms with Gasteiger partial charge in [-0.25, -0.2) is 0 Å². The van der Waals surface area contributed by atoms with Crippen LogP contribution >= 0.6 is 0 Å². The minimum atomic E-state index is -2.96. The number of aromatic hydroxyl groups is 1. The highest BCUT2D eigenvalue weighted by molar-refractivity contribution is 6.32. The third-order valence-corrected chi connectivity index (χ3v) is 8.67. The Morgan fingerprint density at radius 1 is 1.13 bits per heavy atom. The fraction of sp³-hybridized carbons (Fsp3) is 0.607. The van der Waals surface area contributed by atoms with Crippen molar-refractivity contribution < 1.29 is 39.3 Å². The maximum absolute atomic E-state index is 14.0. The van der Waals surface area contributed by atoms with Gasteiger partial charge in [-0.3, -0.25) is 28.9 Å². The first-order valence-electron chi connectivity index (χ1n) is 13.0. The molecule has 8 atom stereocenters. The number of amides is 1. The number of phenols is 1. The number of aliphatic hydroxyl groups excluding tert-OH is 1. The van der Waals surface area contributed by atoms with Crippen molar-refractivity contribution in [1.82, 2.24) is 10.2 Å². The van der Waals surface area contributed by atoms with E-state index in [1.54, 1.807) is 32.9 Å². The fourth-order valence-corrected chi connectivity index (χ4v) is 7.02. The minimum Gasteiger partial charge on any atom is -0.507 e. The monoisotopic (exact) mass is 528 g/mol. The molecule has 1 aromatic rings. The number of hydrogen-bond donors (Lipinski definition) is 4. The molecule has 1 aromatic carbocycles. The highest BCUT2D eigenvalue weighted by Gasteiger charge is 2.73. The fourth-order valence-electron chi connectivity index (χ4n) is 7.02. The standard InChI is InChI=1S/C28H36N2O8/c1-7-11-27(3,4)29-26(37)18-23(34)20(30(5)6)19-22(33)15-12(2)13-9-8-10-14(31)16(13)21(32)17(15)24(35)28(19,38)25(18)36/h8-10,12,15,17-20,22,31,33,38H,7,11H2,1-6H3,(H,29,37)/t12-,15+,17?,18?,19+,20-,22-,28-/m0/s1. The third kappa shape index (κ3) is 3.84. The van der Waals surface area contributed by atoms with E-state index in [0.29, 0.717) is 18.4 Å². The highest BCUT2D eigenvalue weighted by Crippen LogP contribution is 2.54. The SMILES string of the molecule is CCCC(C)(C)NC(=O)C1C(=O)[C@@H](N(C)C)[C@@H]2[C@@H](O)[C@H]3C(C(=O)c4c(O)cccc4[C@@H]3C)C(=O)[C@]2(O)C1=O. The molecule has 0 radical (unpaired) electrons. The first-order chi connectivity index (χ1) is 17.6. The number of nitrogens with one attached hydrogen (secondary N) is 1. The van der Waals surface area contributed by atoms with Gasteiger partial charge in [0, 0.05) is 11.5 Å². The van der Waals surface area contributed by atoms with Crippen molar-refractivity contribution in [3.8, 4) is 5.75 Å². The van der Waals surface area contributed by atoms with E-state index in [-0.39, 0.29) is 11.3 Å². The summed E-state index contributed by atoms with van der Waals surface area (Å²) >= 11 is 0. The topological polar surface area (TPSA) is 161 Å². The van der Waals surface area contributed by atoms with Crippen molar-refractivity contribution in [2.24, 2.45) is 23.7 Å². The Bertz CT molecular complexity index is 1220. The van der Waals surface area contributed by atoms with Gasteiger partial charge in [0.1, 0.15) is 5.75 Å². The van der Waals surface area contributed by atoms with Gasteiger partial charge in [-0.05, 0) is 51.9 Å². The average molecular weight is 529 g/mol. The van der Waals surface area contributed by atoms with Crippen LogP contribution in [0.4, 0.5) is 0 Å². The Morgan fingerprint density at radius 3 is 2.34 bits per heavy atom. The van der Waals surface area contributed by atoms with E-state index >= 15 is 0 Å². The van der Waals surface area contributed by atoms with Crippen molar-refractivity contribution >= 4 is 29.0 Å². The zero-order valence-corrected chi connectivity index (χ0v) is 22.5. The molecular weight excluding hydrogens is 492 g/mol. The maximum Gasteiger partial charge on any atom is 0.238 e. The second kappa shape index (κ2) is 9.36. The number of carbonyl (C=O) groups is 5. The normalized spacial score (nSPS) is 35.0. The third-order valence-electron chi connectivity index (χ3n) is 8.67. The first-order valence-corrected chi connectivity index (χ1v) is 13.0. The zero-order chi connectivity index (χ0) is 28.5. The Hall–Kier alpha value is -2.95. The molecule has 0 spiro atoms. The summed E-state index contributed by atoms with van der Waals surface area (Å²) in [6, 6.07) is 3.11. The number of ketones is 4. The van der Waals surface area contributed by atoms with E-state index in [4.69, 9.17) is 0 Å². The summed E-state index contributed by atoms with van der Waals surface area (Å²) in [5, 5.41) is 36.6. The van der Waals surface area contributed by atoms with Gasteiger partial charge >= 0.3 is 0 Å². The van der Waals surface area contributed by atoms with Crippen LogP contribution in [0, 0.1) is 23.7 Å². The molecule has 2 unspecified atom stereocenters. The van der Waals surface area contributed by atoms with Crippen LogP contribution in [0.25, 0.3) is 0 Å². The summed E-state index contributed by atoms with van der Waals surface area (Å²) in [7, 11) is 3.00. The number of nitrogens with zero attached hydrogens (tertiary/aromatic N) is 1. The number of hydrogen-bond acceptors (Lipinski definition) is 9. The van der Waals surface area contributed by atoms with Gasteiger partial charge in [-0.2, -0.15) is 0 Å². The van der Waals surface area contributed by atoms with E-state index in [1.165, 1.54) is 25.1 Å². The van der Waals surface area contributed by atoms with Crippen molar-refractivity contribution in [1.29, 1.82) is 0 Å². The number of aliphatic hydroxyl groups is 2. The summed E-state index contributed by atoms with van der Waals surface area (Å²) in [5.74, 6) is -12.3. The molecule has 0 heterocycles. The van der Waals surface area contributed by atoms with Crippen molar-refractivity contribution in [3.63, 3.8) is 0 Å². The molecule has 0 bridgehead atoms. The van der Waals surface area contributed by atoms with Crippen LogP contribution in [0.2, 0.25) is 0 Å². The molecule has 0 saturated heterocycles. The van der Waals surface area contributed by atoms with Crippen LogP contribution in [-0.4, -0.2) is 86.6 Å². The lowest BCUT2D eigenvalue weighted by Crippen LogP contribution is -2.78. The van der Waals surface area contributed by atoms with Crippen molar-refractivity contribution in [3.05, 3.63) is 29.3 Å². The number of carbonyl (C=O) groups excluding carboxylic acids is 5. The van der Waals surface area contributed by atoms with Crippen molar-refractivity contribution in [2.75, 3.05) is 14.1 Å². The van der Waals surface area contributed by atoms with E-state index in [2.05, 4.69) is 5.32 Å². The molecule has 38 heavy (non-hydrogen) atoms. The van der Waals surface area contributed by atoms with Crippen LogP contribution in [0.1, 0.15) is 62.4 Å². The zero-order valence-electron chi connectivity index (χ0n) is 22.5. The Labute approximate surface area is 221 Å². The average Bonchev–Trinajstić information content (AvgIpc) is 2.80. The molecule has 2 fully saturated rings. The second-order valence-electron chi connectivity index (χ2n) is 11.8. The summed E-state index contributed by atoms with van der Waals surface area (Å²) in [6.07, 6.45) is -0.346. The Kier molecular flexibility index (Phi) is 6.91. The molecule has 206 valence electrons. The van der Waals surface area contributed by atoms with Crippen LogP contribution in [-0.2, 0) is 19.2 Å². The first kappa shape index (κ1) is 28.1. The van der Waals surface area contributed by atoms with E-state index in [9.17, 15) is 39.3 Å². The lowest BCUT2D eigenvalue weighted by atomic mass is 9.49. The quantitative estimate of drug-likeness (QED) is 0.401. The number of benzene rings is 1. The molecule has 1 amide bonds. The molecular formula is C28H36N2O8. The number of rotatable bonds is 5. The lowest BCUT2D eigenvalue weighted by molar-refractivity contribution is -0.197. The summed E-state index contributed by atoms with van der Waals surface area (Å²) in [5.41, 5.74) is -3.39. The molecule has 3 aliphatic rings. The van der Waals surface area contributed by atoms with Crippen LogP contribution in [0.5, 0.6) is 5.75 Å². The highest BCUT2D eigenvalue weighted by atomic mass is 16.3. The molecule has 10 heteroatoms. The molecule has 2 saturated carbocycles. The van der Waals surface area contributed by atoms with Crippen LogP contribution < -0.4 is 5.32 Å². The predicted octanol–water partition coefficient (Wildman–Crippen LogP) is 0.608. The van der Waals surface area contributed by atoms with Gasteiger partial charge in [0.2, 0.25) is 5.91 Å². The summed E-state index contributed by atoms with van der Waals surface area (Å²) in [6.45, 7) is 7.07. The summed E-state index contributed by atoms with van der Waals surface area (Å²) < 4.78 is 0. The molecule has 3 aliphatic carbocycles. The van der Waals surface area contributed by atoms with Gasteiger partial charge in [-0.1, -0.05) is 32.4 Å². The van der Waals surface area contributed by atoms with Crippen LogP contribution in [0.15, 0.2) is 18.2 Å². The van der Waals surface area contributed by atoms with Gasteiger partial charge < -0.3 is 20.6 Å². The van der Waals surface area contributed by atoms with Crippen molar-refractivity contribution in [2.45, 2.75) is 69.7 Å². The molecule has 4 N–H and O–H groups in total. The molecule has 10 nitrogen and oxygen atoms in total. The molecule has 0 aliphatic heterocycles. The van der Waals surface area contributed by atoms with Gasteiger partial charge in [0.15, 0.2) is 34.7 Å². The van der Waals surface area contributed by atoms with E-state index < -0.39 is 81.9 Å².